The lowest BCUT2D eigenvalue weighted by molar-refractivity contribution is 0.708. The summed E-state index contributed by atoms with van der Waals surface area (Å²) in [6.45, 7) is 3.02. The maximum atomic E-state index is 6.32. The molecule has 0 bridgehead atoms. The van der Waals surface area contributed by atoms with Crippen molar-refractivity contribution in [3.05, 3.63) is 18.3 Å². The van der Waals surface area contributed by atoms with E-state index in [0.717, 1.165) is 23.8 Å². The predicted molar refractivity (Wildman–Crippen MR) is 73.8 cm³/mol. The van der Waals surface area contributed by atoms with E-state index in [1.54, 1.807) is 0 Å². The lowest BCUT2D eigenvalue weighted by Gasteiger charge is -2.06. The zero-order chi connectivity index (χ0) is 13.0. The third kappa shape index (κ3) is 1.68. The Morgan fingerprint density at radius 2 is 2.11 bits per heavy atom. The average molecular weight is 257 g/mol. The topological polar surface area (TPSA) is 61.7 Å². The molecular weight excluding hydrogens is 238 g/mol. The smallest absolute Gasteiger partial charge is 0.133 e. The molecule has 4 rings (SSSR count). The van der Waals surface area contributed by atoms with Gasteiger partial charge in [0.05, 0.1) is 18.2 Å². The molecule has 0 unspecified atom stereocenters. The summed E-state index contributed by atoms with van der Waals surface area (Å²) in [6, 6.07) is 0.605. The highest BCUT2D eigenvalue weighted by Crippen LogP contribution is 2.43. The fourth-order valence-corrected chi connectivity index (χ4v) is 2.79. The Bertz CT molecular complexity index is 616. The van der Waals surface area contributed by atoms with Crippen molar-refractivity contribution in [1.29, 1.82) is 0 Å². The molecule has 0 aromatic carbocycles. The van der Waals surface area contributed by atoms with Crippen molar-refractivity contribution >= 4 is 5.82 Å². The van der Waals surface area contributed by atoms with Crippen LogP contribution >= 0.6 is 0 Å². The summed E-state index contributed by atoms with van der Waals surface area (Å²) in [5.74, 6) is 2.58. The van der Waals surface area contributed by atoms with Gasteiger partial charge in [0.25, 0.3) is 0 Å². The van der Waals surface area contributed by atoms with E-state index in [2.05, 4.69) is 21.0 Å². The van der Waals surface area contributed by atoms with Crippen LogP contribution in [0.2, 0.25) is 0 Å². The Labute approximate surface area is 112 Å². The number of nitrogens with two attached hydrogens (primary N) is 1. The molecule has 2 fully saturated rings. The molecule has 2 saturated carbocycles. The van der Waals surface area contributed by atoms with E-state index in [0.29, 0.717) is 12.0 Å². The zero-order valence-electron chi connectivity index (χ0n) is 11.2. The molecule has 2 aromatic heterocycles. The highest BCUT2D eigenvalue weighted by Gasteiger charge is 2.32. The van der Waals surface area contributed by atoms with Crippen molar-refractivity contribution in [2.24, 2.45) is 0 Å². The molecule has 0 spiro atoms. The van der Waals surface area contributed by atoms with E-state index in [1.807, 2.05) is 12.5 Å². The van der Waals surface area contributed by atoms with Gasteiger partial charge in [-0.2, -0.15) is 0 Å². The second kappa shape index (κ2) is 3.85. The Kier molecular flexibility index (Phi) is 2.25. The first-order valence-corrected chi connectivity index (χ1v) is 7.17. The van der Waals surface area contributed by atoms with E-state index in [4.69, 9.17) is 10.7 Å². The van der Waals surface area contributed by atoms with Gasteiger partial charge in [-0.05, 0) is 32.6 Å². The molecule has 19 heavy (non-hydrogen) atoms. The van der Waals surface area contributed by atoms with E-state index in [1.165, 1.54) is 31.5 Å². The van der Waals surface area contributed by atoms with Gasteiger partial charge >= 0.3 is 0 Å². The average Bonchev–Trinajstić information content (AvgIpc) is 3.33. The fraction of sp³-hybridized carbons (Fsp3) is 0.571. The molecule has 0 radical (unpaired) electrons. The summed E-state index contributed by atoms with van der Waals surface area (Å²) >= 11 is 0. The molecule has 2 aromatic rings. The molecule has 5 heteroatoms. The van der Waals surface area contributed by atoms with Crippen LogP contribution in [0.5, 0.6) is 0 Å². The van der Waals surface area contributed by atoms with Crippen molar-refractivity contribution in [2.45, 2.75) is 51.1 Å². The van der Waals surface area contributed by atoms with Crippen molar-refractivity contribution in [3.8, 4) is 11.4 Å². The van der Waals surface area contributed by atoms with Crippen molar-refractivity contribution in [1.82, 2.24) is 19.1 Å². The van der Waals surface area contributed by atoms with Gasteiger partial charge in [0.1, 0.15) is 17.3 Å². The van der Waals surface area contributed by atoms with Crippen LogP contribution in [0.4, 0.5) is 5.82 Å². The van der Waals surface area contributed by atoms with Crippen LogP contribution in [0.25, 0.3) is 11.4 Å². The lowest BCUT2D eigenvalue weighted by Crippen LogP contribution is -2.04. The minimum Gasteiger partial charge on any atom is -0.383 e. The molecule has 100 valence electrons. The summed E-state index contributed by atoms with van der Waals surface area (Å²) < 4.78 is 4.40. The van der Waals surface area contributed by atoms with Crippen LogP contribution in [0, 0.1) is 0 Å². The van der Waals surface area contributed by atoms with Crippen molar-refractivity contribution in [2.75, 3.05) is 5.73 Å². The Morgan fingerprint density at radius 3 is 2.74 bits per heavy atom. The van der Waals surface area contributed by atoms with Crippen molar-refractivity contribution in [3.63, 3.8) is 0 Å². The SMILES string of the molecule is CCn1c(C2CC2)nc(-c2cncn2C2CC2)c1N. The van der Waals surface area contributed by atoms with E-state index in [-0.39, 0.29) is 0 Å². The maximum absolute atomic E-state index is 6.32. The van der Waals surface area contributed by atoms with Crippen LogP contribution in [0.15, 0.2) is 12.5 Å². The number of hydrogen-bond donors (Lipinski definition) is 1. The molecule has 0 atom stereocenters. The number of hydrogen-bond acceptors (Lipinski definition) is 3. The monoisotopic (exact) mass is 257 g/mol. The van der Waals surface area contributed by atoms with Crippen LogP contribution < -0.4 is 5.73 Å². The standard InChI is InChI=1S/C14H19N5/c1-2-18-13(15)12(17-14(18)9-3-4-9)11-7-16-8-19(11)10-5-6-10/h7-10H,2-6,15H2,1H3. The van der Waals surface area contributed by atoms with Gasteiger partial charge in [0, 0.05) is 18.5 Å². The summed E-state index contributed by atoms with van der Waals surface area (Å²) in [7, 11) is 0. The van der Waals surface area contributed by atoms with E-state index in [9.17, 15) is 0 Å². The Balaban J connectivity index is 1.83. The Morgan fingerprint density at radius 1 is 1.32 bits per heavy atom. The van der Waals surface area contributed by atoms with Gasteiger partial charge < -0.3 is 14.9 Å². The maximum Gasteiger partial charge on any atom is 0.133 e. The van der Waals surface area contributed by atoms with Gasteiger partial charge in [-0.3, -0.25) is 0 Å². The summed E-state index contributed by atoms with van der Waals surface area (Å²) in [5, 5.41) is 0. The molecule has 2 aliphatic carbocycles. The van der Waals surface area contributed by atoms with Gasteiger partial charge in [-0.25, -0.2) is 9.97 Å². The first-order chi connectivity index (χ1) is 9.29. The molecule has 0 saturated heterocycles. The number of nitrogen functional groups attached to an aromatic ring is 1. The van der Waals surface area contributed by atoms with Crippen LogP contribution in [0.1, 0.15) is 50.4 Å². The van der Waals surface area contributed by atoms with Crippen LogP contribution in [0.3, 0.4) is 0 Å². The minimum atomic E-state index is 0.605. The molecule has 0 aliphatic heterocycles. The third-order valence-corrected chi connectivity index (χ3v) is 4.14. The van der Waals surface area contributed by atoms with E-state index < -0.39 is 0 Å². The number of aromatic nitrogens is 4. The molecule has 2 aliphatic rings. The molecule has 2 N–H and O–H groups in total. The first-order valence-electron chi connectivity index (χ1n) is 7.17. The largest absolute Gasteiger partial charge is 0.383 e. The van der Waals surface area contributed by atoms with Gasteiger partial charge in [0.2, 0.25) is 0 Å². The van der Waals surface area contributed by atoms with Crippen molar-refractivity contribution < 1.29 is 0 Å². The van der Waals surface area contributed by atoms with Crippen LogP contribution in [-0.2, 0) is 6.54 Å². The second-order valence-electron chi connectivity index (χ2n) is 5.64. The minimum absolute atomic E-state index is 0.605. The number of rotatable bonds is 4. The first kappa shape index (κ1) is 11.1. The summed E-state index contributed by atoms with van der Waals surface area (Å²) in [5.41, 5.74) is 8.32. The molecule has 5 nitrogen and oxygen atoms in total. The second-order valence-corrected chi connectivity index (χ2v) is 5.64. The highest BCUT2D eigenvalue weighted by atomic mass is 15.2. The normalized spacial score (nSPS) is 19.0. The third-order valence-electron chi connectivity index (χ3n) is 4.14. The number of anilines is 1. The molecular formula is C14H19N5. The van der Waals surface area contributed by atoms with Gasteiger partial charge in [-0.1, -0.05) is 0 Å². The Hall–Kier alpha value is -1.78. The fourth-order valence-electron chi connectivity index (χ4n) is 2.79. The zero-order valence-corrected chi connectivity index (χ0v) is 11.2. The highest BCUT2D eigenvalue weighted by molar-refractivity contribution is 5.68. The quantitative estimate of drug-likeness (QED) is 0.915. The summed E-state index contributed by atoms with van der Waals surface area (Å²) in [4.78, 5) is 9.12. The van der Waals surface area contributed by atoms with Gasteiger partial charge in [-0.15, -0.1) is 0 Å². The summed E-state index contributed by atoms with van der Waals surface area (Å²) in [6.07, 6.45) is 8.79. The van der Waals surface area contributed by atoms with Gasteiger partial charge in [0.15, 0.2) is 0 Å². The van der Waals surface area contributed by atoms with E-state index >= 15 is 0 Å². The number of nitrogens with zero attached hydrogens (tertiary/aromatic N) is 4. The number of imidazole rings is 2. The predicted octanol–water partition coefficient (Wildman–Crippen LogP) is 2.56. The molecule has 2 heterocycles. The molecule has 0 amide bonds. The van der Waals surface area contributed by atoms with Crippen LogP contribution in [-0.4, -0.2) is 19.1 Å². The lowest BCUT2D eigenvalue weighted by atomic mass is 10.3.